The van der Waals surface area contributed by atoms with Crippen LogP contribution in [0.2, 0.25) is 0 Å². The van der Waals surface area contributed by atoms with Gasteiger partial charge < -0.3 is 14.4 Å². The molecule has 1 fully saturated rings. The van der Waals surface area contributed by atoms with Gasteiger partial charge in [0.05, 0.1) is 13.2 Å². The summed E-state index contributed by atoms with van der Waals surface area (Å²) in [6.45, 7) is 12.8. The van der Waals surface area contributed by atoms with Crippen LogP contribution in [0.1, 0.15) is 42.8 Å². The molecule has 0 aromatic heterocycles. The number of carbonyl (C=O) groups is 1. The fraction of sp³-hybridized carbons (Fsp3) is 0.519. The van der Waals surface area contributed by atoms with Crippen LogP contribution in [0.15, 0.2) is 54.6 Å². The number of carbonyl (C=O) groups excluding carboxylic acids is 1. The van der Waals surface area contributed by atoms with Crippen molar-refractivity contribution in [1.82, 2.24) is 9.80 Å². The highest BCUT2D eigenvalue weighted by atomic mass is 16.5. The molecule has 1 aliphatic heterocycles. The normalized spacial score (nSPS) is 17.3. The van der Waals surface area contributed by atoms with E-state index >= 15 is 0 Å². The zero-order valence-electron chi connectivity index (χ0n) is 20.0. The molecule has 2 unspecified atom stereocenters. The molecule has 0 amide bonds. The van der Waals surface area contributed by atoms with Crippen LogP contribution in [0, 0.1) is 11.8 Å². The summed E-state index contributed by atoms with van der Waals surface area (Å²) >= 11 is 0. The van der Waals surface area contributed by atoms with Crippen molar-refractivity contribution in [2.75, 3.05) is 53.0 Å². The van der Waals surface area contributed by atoms with E-state index < -0.39 is 0 Å². The topological polar surface area (TPSA) is 42.0 Å². The Hall–Kier alpha value is -2.21. The molecule has 0 radical (unpaired) electrons. The number of benzene rings is 2. The van der Waals surface area contributed by atoms with Crippen molar-refractivity contribution in [3.8, 4) is 5.75 Å². The minimum Gasteiger partial charge on any atom is -0.497 e. The van der Waals surface area contributed by atoms with E-state index in [2.05, 4.69) is 54.0 Å². The second-order valence-electron chi connectivity index (χ2n) is 9.22. The maximum absolute atomic E-state index is 12.8. The van der Waals surface area contributed by atoms with Crippen LogP contribution in [0.25, 0.3) is 0 Å². The average Bonchev–Trinajstić information content (AvgIpc) is 2.82. The molecule has 1 aliphatic rings. The molecule has 0 bridgehead atoms. The molecule has 32 heavy (non-hydrogen) atoms. The van der Waals surface area contributed by atoms with Crippen molar-refractivity contribution < 1.29 is 14.3 Å². The average molecular weight is 439 g/mol. The lowest BCUT2D eigenvalue weighted by Crippen LogP contribution is -2.49. The van der Waals surface area contributed by atoms with E-state index in [-0.39, 0.29) is 17.8 Å². The lowest BCUT2D eigenvalue weighted by molar-refractivity contribution is -0.000154. The third-order valence-electron chi connectivity index (χ3n) is 6.05. The molecule has 5 nitrogen and oxygen atoms in total. The van der Waals surface area contributed by atoms with Gasteiger partial charge in [-0.2, -0.15) is 0 Å². The molecule has 1 heterocycles. The molecule has 2 aromatic rings. The Bertz CT molecular complexity index is 815. The molecule has 0 spiro atoms. The Morgan fingerprint density at radius 1 is 0.875 bits per heavy atom. The monoisotopic (exact) mass is 438 g/mol. The predicted octanol–water partition coefficient (Wildman–Crippen LogP) is 4.55. The summed E-state index contributed by atoms with van der Waals surface area (Å²) in [6.07, 6.45) is 0.0979. The molecule has 2 atom stereocenters. The summed E-state index contributed by atoms with van der Waals surface area (Å²) in [5.74, 6) is 1.46. The van der Waals surface area contributed by atoms with Gasteiger partial charge in [-0.1, -0.05) is 51.1 Å². The SMILES string of the molecule is COc1ccc(C(=O)C(C)CN2CCN(CC(OCC(C)C)c3ccccc3)CC2)cc1. The highest BCUT2D eigenvalue weighted by Crippen LogP contribution is 2.21. The summed E-state index contributed by atoms with van der Waals surface area (Å²) in [6, 6.07) is 18.0. The maximum atomic E-state index is 12.8. The second kappa shape index (κ2) is 12.1. The van der Waals surface area contributed by atoms with Gasteiger partial charge in [0, 0.05) is 57.4 Å². The van der Waals surface area contributed by atoms with Crippen molar-refractivity contribution >= 4 is 5.78 Å². The number of piperazine rings is 1. The number of ether oxygens (including phenoxy) is 2. The molecule has 0 N–H and O–H groups in total. The van der Waals surface area contributed by atoms with Crippen LogP contribution in [0.4, 0.5) is 0 Å². The highest BCUT2D eigenvalue weighted by molar-refractivity contribution is 5.97. The second-order valence-corrected chi connectivity index (χ2v) is 9.22. The molecule has 0 aliphatic carbocycles. The molecular weight excluding hydrogens is 400 g/mol. The van der Waals surface area contributed by atoms with Gasteiger partial charge in [0.25, 0.3) is 0 Å². The van der Waals surface area contributed by atoms with Crippen LogP contribution < -0.4 is 4.74 Å². The number of ketones is 1. The van der Waals surface area contributed by atoms with Gasteiger partial charge in [-0.3, -0.25) is 9.69 Å². The third-order valence-corrected chi connectivity index (χ3v) is 6.05. The van der Waals surface area contributed by atoms with Gasteiger partial charge in [0.1, 0.15) is 5.75 Å². The summed E-state index contributed by atoms with van der Waals surface area (Å²) < 4.78 is 11.5. The zero-order valence-corrected chi connectivity index (χ0v) is 20.0. The van der Waals surface area contributed by atoms with E-state index in [1.807, 2.05) is 31.2 Å². The van der Waals surface area contributed by atoms with Gasteiger partial charge in [-0.25, -0.2) is 0 Å². The fourth-order valence-electron chi connectivity index (χ4n) is 4.13. The first-order valence-corrected chi connectivity index (χ1v) is 11.8. The standard InChI is InChI=1S/C27H38N2O3/c1-21(2)20-32-26(23-8-6-5-7-9-23)19-29-16-14-28(15-17-29)18-22(3)27(30)24-10-12-25(31-4)13-11-24/h5-13,21-22,26H,14-20H2,1-4H3. The van der Waals surface area contributed by atoms with E-state index in [1.165, 1.54) is 5.56 Å². The Balaban J connectivity index is 1.49. The number of rotatable bonds is 11. The molecule has 2 aromatic carbocycles. The van der Waals surface area contributed by atoms with Crippen molar-refractivity contribution in [3.63, 3.8) is 0 Å². The van der Waals surface area contributed by atoms with Crippen molar-refractivity contribution in [3.05, 3.63) is 65.7 Å². The summed E-state index contributed by atoms with van der Waals surface area (Å²) in [5.41, 5.74) is 2.00. The molecule has 0 saturated carbocycles. The van der Waals surface area contributed by atoms with E-state index in [1.54, 1.807) is 7.11 Å². The molecular formula is C27H38N2O3. The number of nitrogens with zero attached hydrogens (tertiary/aromatic N) is 2. The van der Waals surface area contributed by atoms with Crippen LogP contribution in [0.5, 0.6) is 5.75 Å². The highest BCUT2D eigenvalue weighted by Gasteiger charge is 2.24. The lowest BCUT2D eigenvalue weighted by Gasteiger charge is -2.37. The third kappa shape index (κ3) is 7.16. The van der Waals surface area contributed by atoms with Crippen molar-refractivity contribution in [2.45, 2.75) is 26.9 Å². The molecule has 1 saturated heterocycles. The van der Waals surface area contributed by atoms with Gasteiger partial charge in [0.15, 0.2) is 5.78 Å². The molecule has 5 heteroatoms. The smallest absolute Gasteiger partial charge is 0.166 e. The van der Waals surface area contributed by atoms with Crippen molar-refractivity contribution in [1.29, 1.82) is 0 Å². The largest absolute Gasteiger partial charge is 0.497 e. The predicted molar refractivity (Wildman–Crippen MR) is 129 cm³/mol. The Morgan fingerprint density at radius 2 is 1.47 bits per heavy atom. The van der Waals surface area contributed by atoms with Crippen molar-refractivity contribution in [2.24, 2.45) is 11.8 Å². The maximum Gasteiger partial charge on any atom is 0.166 e. The Morgan fingerprint density at radius 3 is 2.03 bits per heavy atom. The molecule has 174 valence electrons. The summed E-state index contributed by atoms with van der Waals surface area (Å²) in [4.78, 5) is 17.7. The van der Waals surface area contributed by atoms with E-state index in [0.717, 1.165) is 57.2 Å². The van der Waals surface area contributed by atoms with Crippen LogP contribution in [0.3, 0.4) is 0 Å². The zero-order chi connectivity index (χ0) is 22.9. The van der Waals surface area contributed by atoms with E-state index in [9.17, 15) is 4.79 Å². The van der Waals surface area contributed by atoms with E-state index in [4.69, 9.17) is 9.47 Å². The summed E-state index contributed by atoms with van der Waals surface area (Å²) in [5, 5.41) is 0. The number of hydrogen-bond acceptors (Lipinski definition) is 5. The fourth-order valence-corrected chi connectivity index (χ4v) is 4.13. The number of hydrogen-bond donors (Lipinski definition) is 0. The minimum absolute atomic E-state index is 0.0265. The van der Waals surface area contributed by atoms with Crippen LogP contribution in [-0.4, -0.2) is 68.6 Å². The van der Waals surface area contributed by atoms with Gasteiger partial charge in [0.2, 0.25) is 0 Å². The van der Waals surface area contributed by atoms with Gasteiger partial charge in [-0.15, -0.1) is 0 Å². The van der Waals surface area contributed by atoms with Gasteiger partial charge >= 0.3 is 0 Å². The Kier molecular flexibility index (Phi) is 9.27. The quantitative estimate of drug-likeness (QED) is 0.482. The number of Topliss-reactive ketones (excluding diaryl/α,β-unsaturated/α-hetero) is 1. The van der Waals surface area contributed by atoms with Crippen LogP contribution in [-0.2, 0) is 4.74 Å². The lowest BCUT2D eigenvalue weighted by atomic mass is 9.98. The van der Waals surface area contributed by atoms with Crippen LogP contribution >= 0.6 is 0 Å². The number of methoxy groups -OCH3 is 1. The first-order chi connectivity index (χ1) is 15.5. The first-order valence-electron chi connectivity index (χ1n) is 11.8. The summed E-state index contributed by atoms with van der Waals surface area (Å²) in [7, 11) is 1.64. The first kappa shape index (κ1) is 24.4. The Labute approximate surface area is 193 Å². The van der Waals surface area contributed by atoms with Gasteiger partial charge in [-0.05, 0) is 35.7 Å². The van der Waals surface area contributed by atoms with E-state index in [0.29, 0.717) is 5.92 Å². The minimum atomic E-state index is -0.0265. The molecule has 3 rings (SSSR count).